The van der Waals surface area contributed by atoms with Crippen LogP contribution in [0, 0.1) is 0 Å². The molecule has 6 nitrogen and oxygen atoms in total. The molecule has 2 amide bonds. The topological polar surface area (TPSA) is 66.9 Å². The molecule has 1 fully saturated rings. The smallest absolute Gasteiger partial charge is 0.326 e. The van der Waals surface area contributed by atoms with Gasteiger partial charge in [0.05, 0.1) is 11.0 Å². The maximum absolute atomic E-state index is 12.3. The van der Waals surface area contributed by atoms with Gasteiger partial charge in [0.15, 0.2) is 0 Å². The highest BCUT2D eigenvalue weighted by atomic mass is 32.2. The number of hydrogen-bond acceptors (Lipinski definition) is 6. The summed E-state index contributed by atoms with van der Waals surface area (Å²) in [7, 11) is 3.88. The van der Waals surface area contributed by atoms with Crippen molar-refractivity contribution in [1.82, 2.24) is 4.90 Å². The zero-order chi connectivity index (χ0) is 17.9. The molecule has 0 unspecified atom stereocenters. The molecule has 1 aliphatic rings. The van der Waals surface area contributed by atoms with E-state index in [0.717, 1.165) is 27.9 Å². The van der Waals surface area contributed by atoms with Gasteiger partial charge in [0.2, 0.25) is 0 Å². The third-order valence-electron chi connectivity index (χ3n) is 3.24. The Morgan fingerprint density at radius 2 is 1.88 bits per heavy atom. The lowest BCUT2D eigenvalue weighted by Gasteiger charge is -2.13. The first-order chi connectivity index (χ1) is 11.3. The van der Waals surface area contributed by atoms with Crippen molar-refractivity contribution in [3.63, 3.8) is 0 Å². The number of nitrogens with zero attached hydrogens (tertiary/aromatic N) is 2. The molecule has 128 valence electrons. The van der Waals surface area contributed by atoms with E-state index in [9.17, 15) is 14.4 Å². The molecule has 0 aliphatic carbocycles. The molecule has 0 atom stereocenters. The molecule has 1 aromatic carbocycles. The number of benzene rings is 1. The predicted molar refractivity (Wildman–Crippen MR) is 94.7 cm³/mol. The molecule has 7 heteroatoms. The molecule has 1 aliphatic heterocycles. The number of esters is 1. The van der Waals surface area contributed by atoms with Crippen molar-refractivity contribution in [3.05, 3.63) is 34.7 Å². The van der Waals surface area contributed by atoms with Crippen LogP contribution in [0.3, 0.4) is 0 Å². The molecule has 0 spiro atoms. The van der Waals surface area contributed by atoms with Gasteiger partial charge in [-0.05, 0) is 49.4 Å². The highest BCUT2D eigenvalue weighted by Gasteiger charge is 2.36. The third-order valence-corrected chi connectivity index (χ3v) is 4.14. The average molecular weight is 348 g/mol. The Hall–Kier alpha value is -2.28. The summed E-state index contributed by atoms with van der Waals surface area (Å²) in [6.07, 6.45) is 1.36. The molecule has 0 aromatic heterocycles. The van der Waals surface area contributed by atoms with E-state index < -0.39 is 17.1 Å². The minimum Gasteiger partial charge on any atom is -0.462 e. The van der Waals surface area contributed by atoms with Crippen molar-refractivity contribution in [2.24, 2.45) is 0 Å². The van der Waals surface area contributed by atoms with Crippen molar-refractivity contribution in [1.29, 1.82) is 0 Å². The number of amides is 2. The van der Waals surface area contributed by atoms with Gasteiger partial charge in [0.25, 0.3) is 11.1 Å². The van der Waals surface area contributed by atoms with Crippen molar-refractivity contribution in [3.8, 4) is 0 Å². The van der Waals surface area contributed by atoms with Gasteiger partial charge in [-0.25, -0.2) is 0 Å². The number of hydrogen-bond donors (Lipinski definition) is 0. The number of ether oxygens (including phenoxy) is 1. The summed E-state index contributed by atoms with van der Waals surface area (Å²) < 4.78 is 4.98. The zero-order valence-corrected chi connectivity index (χ0v) is 14.9. The molecule has 0 bridgehead atoms. The SMILES string of the molecule is CC(C)OC(=O)CN1C(=O)S/C(=C\c2ccc(N(C)C)cc2)C1=O. The van der Waals surface area contributed by atoms with Crippen LogP contribution in [0.1, 0.15) is 19.4 Å². The van der Waals surface area contributed by atoms with Gasteiger partial charge in [0.1, 0.15) is 6.54 Å². The molecular weight excluding hydrogens is 328 g/mol. The first-order valence-electron chi connectivity index (χ1n) is 7.50. The van der Waals surface area contributed by atoms with E-state index in [1.807, 2.05) is 43.3 Å². The summed E-state index contributed by atoms with van der Waals surface area (Å²) in [6, 6.07) is 7.60. The van der Waals surface area contributed by atoms with Crippen molar-refractivity contribution in [2.75, 3.05) is 25.5 Å². The fraction of sp³-hybridized carbons (Fsp3) is 0.353. The largest absolute Gasteiger partial charge is 0.462 e. The fourth-order valence-corrected chi connectivity index (χ4v) is 2.92. The summed E-state index contributed by atoms with van der Waals surface area (Å²) in [5.74, 6) is -1.06. The lowest BCUT2D eigenvalue weighted by Crippen LogP contribution is -2.35. The van der Waals surface area contributed by atoms with Crippen LogP contribution >= 0.6 is 11.8 Å². The molecule has 1 saturated heterocycles. The van der Waals surface area contributed by atoms with Gasteiger partial charge in [-0.15, -0.1) is 0 Å². The zero-order valence-electron chi connectivity index (χ0n) is 14.1. The first kappa shape index (κ1) is 18.1. The molecule has 1 aromatic rings. The molecule has 2 rings (SSSR count). The van der Waals surface area contributed by atoms with Crippen molar-refractivity contribution >= 4 is 40.6 Å². The average Bonchev–Trinajstić information content (AvgIpc) is 2.74. The van der Waals surface area contributed by atoms with E-state index >= 15 is 0 Å². The molecule has 1 heterocycles. The van der Waals surface area contributed by atoms with Gasteiger partial charge < -0.3 is 9.64 Å². The number of carbonyl (C=O) groups is 3. The molecule has 24 heavy (non-hydrogen) atoms. The number of anilines is 1. The number of carbonyl (C=O) groups excluding carboxylic acids is 3. The van der Waals surface area contributed by atoms with Crippen LogP contribution in [0.2, 0.25) is 0 Å². The second-order valence-electron chi connectivity index (χ2n) is 5.79. The van der Waals surface area contributed by atoms with E-state index in [0.29, 0.717) is 4.91 Å². The Morgan fingerprint density at radius 3 is 2.42 bits per heavy atom. The lowest BCUT2D eigenvalue weighted by atomic mass is 10.2. The highest BCUT2D eigenvalue weighted by Crippen LogP contribution is 2.32. The quantitative estimate of drug-likeness (QED) is 0.602. The van der Waals surface area contributed by atoms with Gasteiger partial charge in [-0.3, -0.25) is 19.3 Å². The van der Waals surface area contributed by atoms with Gasteiger partial charge >= 0.3 is 5.97 Å². The van der Waals surface area contributed by atoms with Gasteiger partial charge in [-0.2, -0.15) is 0 Å². The second kappa shape index (κ2) is 7.53. The van der Waals surface area contributed by atoms with Crippen LogP contribution in [-0.2, 0) is 14.3 Å². The third kappa shape index (κ3) is 4.38. The van der Waals surface area contributed by atoms with E-state index in [1.54, 1.807) is 19.9 Å². The standard InChI is InChI=1S/C17H20N2O4S/c1-11(2)23-15(20)10-19-16(21)14(24-17(19)22)9-12-5-7-13(8-6-12)18(3)4/h5-9,11H,10H2,1-4H3/b14-9-. The lowest BCUT2D eigenvalue weighted by molar-refractivity contribution is -0.149. The summed E-state index contributed by atoms with van der Waals surface area (Å²) in [5.41, 5.74) is 1.85. The molecular formula is C17H20N2O4S. The Bertz CT molecular complexity index is 680. The Labute approximate surface area is 145 Å². The van der Waals surface area contributed by atoms with Crippen LogP contribution in [-0.4, -0.2) is 48.8 Å². The minimum atomic E-state index is -0.594. The predicted octanol–water partition coefficient (Wildman–Crippen LogP) is 2.74. The maximum Gasteiger partial charge on any atom is 0.326 e. The molecule has 0 N–H and O–H groups in total. The molecule has 0 saturated carbocycles. The van der Waals surface area contributed by atoms with Crippen LogP contribution in [0.5, 0.6) is 0 Å². The van der Waals surface area contributed by atoms with Crippen LogP contribution in [0.4, 0.5) is 10.5 Å². The van der Waals surface area contributed by atoms with Crippen LogP contribution < -0.4 is 4.90 Å². The van der Waals surface area contributed by atoms with E-state index in [2.05, 4.69) is 0 Å². The fourth-order valence-electron chi connectivity index (χ4n) is 2.09. The minimum absolute atomic E-state index is 0.289. The maximum atomic E-state index is 12.3. The van der Waals surface area contributed by atoms with E-state index in [-0.39, 0.29) is 12.6 Å². The summed E-state index contributed by atoms with van der Waals surface area (Å²) in [6.45, 7) is 3.06. The van der Waals surface area contributed by atoms with Gasteiger partial charge in [-0.1, -0.05) is 12.1 Å². The monoisotopic (exact) mass is 348 g/mol. The number of imide groups is 1. The van der Waals surface area contributed by atoms with Crippen LogP contribution in [0.25, 0.3) is 6.08 Å². The number of rotatable bonds is 5. The normalized spacial score (nSPS) is 16.2. The van der Waals surface area contributed by atoms with E-state index in [1.165, 1.54) is 0 Å². The van der Waals surface area contributed by atoms with Gasteiger partial charge in [0, 0.05) is 19.8 Å². The Morgan fingerprint density at radius 1 is 1.25 bits per heavy atom. The van der Waals surface area contributed by atoms with Crippen LogP contribution in [0.15, 0.2) is 29.2 Å². The first-order valence-corrected chi connectivity index (χ1v) is 8.32. The Kier molecular flexibility index (Phi) is 5.66. The highest BCUT2D eigenvalue weighted by molar-refractivity contribution is 8.18. The Balaban J connectivity index is 2.11. The summed E-state index contributed by atoms with van der Waals surface area (Å²) >= 11 is 0.828. The number of thioether (sulfide) groups is 1. The summed E-state index contributed by atoms with van der Waals surface area (Å²) in [4.78, 5) is 39.1. The second-order valence-corrected chi connectivity index (χ2v) is 6.79. The summed E-state index contributed by atoms with van der Waals surface area (Å²) in [5, 5.41) is -0.461. The van der Waals surface area contributed by atoms with Crippen molar-refractivity contribution in [2.45, 2.75) is 20.0 Å². The van der Waals surface area contributed by atoms with Crippen molar-refractivity contribution < 1.29 is 19.1 Å². The van der Waals surface area contributed by atoms with E-state index in [4.69, 9.17) is 4.74 Å². The molecule has 0 radical (unpaired) electrons.